The maximum absolute atomic E-state index is 10.6. The number of carboxylic acids is 1. The lowest BCUT2D eigenvalue weighted by atomic mass is 10.1. The highest BCUT2D eigenvalue weighted by molar-refractivity contribution is 8.00. The lowest BCUT2D eigenvalue weighted by molar-refractivity contribution is -0.133. The Labute approximate surface area is 108 Å². The van der Waals surface area contributed by atoms with Crippen LogP contribution in [0.5, 0.6) is 0 Å². The summed E-state index contributed by atoms with van der Waals surface area (Å²) in [5, 5.41) is 10.3. The number of hydrogen-bond acceptors (Lipinski definition) is 3. The molecule has 0 spiro atoms. The normalized spacial score (nSPS) is 10.7. The van der Waals surface area contributed by atoms with E-state index >= 15 is 0 Å². The highest BCUT2D eigenvalue weighted by Crippen LogP contribution is 2.30. The summed E-state index contributed by atoms with van der Waals surface area (Å²) in [7, 11) is 0. The Hall–Kier alpha value is -1.26. The van der Waals surface area contributed by atoms with Gasteiger partial charge < -0.3 is 5.11 Å². The first-order valence-corrected chi connectivity index (χ1v) is 6.34. The summed E-state index contributed by atoms with van der Waals surface area (Å²) in [5.41, 5.74) is 1.75. The standard InChI is InChI=1S/C12H10ClNO2S/c1-7-4-8-10(5-9(7)13)14-3-2-11(8)17-6-12(15)16/h2-5H,6H2,1H3,(H,15,16). The summed E-state index contributed by atoms with van der Waals surface area (Å²) in [6.07, 6.45) is 1.66. The van der Waals surface area contributed by atoms with Gasteiger partial charge in [-0.15, -0.1) is 11.8 Å². The Morgan fingerprint density at radius 2 is 2.29 bits per heavy atom. The molecule has 2 aromatic rings. The fourth-order valence-corrected chi connectivity index (χ4v) is 2.43. The minimum absolute atomic E-state index is 0.0424. The van der Waals surface area contributed by atoms with Gasteiger partial charge in [0, 0.05) is 21.5 Å². The van der Waals surface area contributed by atoms with E-state index in [0.29, 0.717) is 5.02 Å². The van der Waals surface area contributed by atoms with Crippen molar-refractivity contribution >= 4 is 40.2 Å². The largest absolute Gasteiger partial charge is 0.481 e. The molecule has 1 N–H and O–H groups in total. The molecule has 0 fully saturated rings. The molecule has 0 saturated carbocycles. The number of benzene rings is 1. The third kappa shape index (κ3) is 2.70. The molecule has 0 saturated heterocycles. The van der Waals surface area contributed by atoms with E-state index in [1.54, 1.807) is 12.3 Å². The highest BCUT2D eigenvalue weighted by atomic mass is 35.5. The monoisotopic (exact) mass is 267 g/mol. The average molecular weight is 268 g/mol. The maximum Gasteiger partial charge on any atom is 0.313 e. The lowest BCUT2D eigenvalue weighted by Crippen LogP contribution is -1.97. The summed E-state index contributed by atoms with van der Waals surface area (Å²) in [4.78, 5) is 15.7. The maximum atomic E-state index is 10.6. The minimum atomic E-state index is -0.828. The Morgan fingerprint density at radius 3 is 3.00 bits per heavy atom. The molecular formula is C12H10ClNO2S. The van der Waals surface area contributed by atoms with Crippen molar-refractivity contribution in [2.75, 3.05) is 5.75 Å². The van der Waals surface area contributed by atoms with Crippen LogP contribution in [0.3, 0.4) is 0 Å². The molecule has 0 aliphatic rings. The number of thioether (sulfide) groups is 1. The molecule has 2 rings (SSSR count). The molecule has 0 amide bonds. The fourth-order valence-electron chi connectivity index (χ4n) is 1.52. The van der Waals surface area contributed by atoms with Gasteiger partial charge in [0.05, 0.1) is 11.3 Å². The quantitative estimate of drug-likeness (QED) is 0.867. The van der Waals surface area contributed by atoms with Gasteiger partial charge >= 0.3 is 5.97 Å². The van der Waals surface area contributed by atoms with Gasteiger partial charge in [0.1, 0.15) is 0 Å². The van der Waals surface area contributed by atoms with Crippen LogP contribution in [0, 0.1) is 6.92 Å². The van der Waals surface area contributed by atoms with Gasteiger partial charge in [0.25, 0.3) is 0 Å². The summed E-state index contributed by atoms with van der Waals surface area (Å²) in [6.45, 7) is 1.92. The third-order valence-corrected chi connectivity index (χ3v) is 3.80. The summed E-state index contributed by atoms with van der Waals surface area (Å²) < 4.78 is 0. The summed E-state index contributed by atoms with van der Waals surface area (Å²) >= 11 is 7.32. The van der Waals surface area contributed by atoms with E-state index in [4.69, 9.17) is 16.7 Å². The van der Waals surface area contributed by atoms with Crippen molar-refractivity contribution < 1.29 is 9.90 Å². The Bertz CT molecular complexity index is 586. The molecule has 0 aliphatic carbocycles. The number of hydrogen-bond donors (Lipinski definition) is 1. The molecule has 88 valence electrons. The minimum Gasteiger partial charge on any atom is -0.481 e. The Morgan fingerprint density at radius 1 is 1.53 bits per heavy atom. The number of carbonyl (C=O) groups is 1. The van der Waals surface area contributed by atoms with Gasteiger partial charge in [-0.1, -0.05) is 11.6 Å². The van der Waals surface area contributed by atoms with Gasteiger partial charge in [0.15, 0.2) is 0 Å². The van der Waals surface area contributed by atoms with E-state index in [-0.39, 0.29) is 5.75 Å². The summed E-state index contributed by atoms with van der Waals surface area (Å²) in [5.74, 6) is -0.786. The first kappa shape index (κ1) is 12.2. The van der Waals surface area contributed by atoms with Crippen LogP contribution in [0.15, 0.2) is 29.3 Å². The number of nitrogens with zero attached hydrogens (tertiary/aromatic N) is 1. The molecule has 0 atom stereocenters. The number of aryl methyl sites for hydroxylation is 1. The average Bonchev–Trinajstić information content (AvgIpc) is 2.28. The van der Waals surface area contributed by atoms with E-state index in [1.165, 1.54) is 11.8 Å². The number of fused-ring (bicyclic) bond motifs is 1. The van der Waals surface area contributed by atoms with E-state index in [1.807, 2.05) is 19.1 Å². The Kier molecular flexibility index (Phi) is 3.54. The number of carboxylic acid groups (broad SMARTS) is 1. The molecule has 0 radical (unpaired) electrons. The third-order valence-electron chi connectivity index (χ3n) is 2.33. The SMILES string of the molecule is Cc1cc2c(SCC(=O)O)ccnc2cc1Cl. The zero-order valence-corrected chi connectivity index (χ0v) is 10.7. The van der Waals surface area contributed by atoms with Gasteiger partial charge in [-0.2, -0.15) is 0 Å². The van der Waals surface area contributed by atoms with Gasteiger partial charge in [-0.05, 0) is 30.7 Å². The predicted octanol–water partition coefficient (Wildman–Crippen LogP) is 3.37. The van der Waals surface area contributed by atoms with E-state index in [9.17, 15) is 4.79 Å². The number of rotatable bonds is 3. The highest BCUT2D eigenvalue weighted by Gasteiger charge is 2.07. The number of aromatic nitrogens is 1. The molecule has 0 bridgehead atoms. The van der Waals surface area contributed by atoms with E-state index in [2.05, 4.69) is 4.98 Å². The predicted molar refractivity (Wildman–Crippen MR) is 69.8 cm³/mol. The van der Waals surface area contributed by atoms with Gasteiger partial charge in [-0.25, -0.2) is 0 Å². The van der Waals surface area contributed by atoms with Gasteiger partial charge in [0.2, 0.25) is 0 Å². The second-order valence-corrected chi connectivity index (χ2v) is 5.03. The number of halogens is 1. The molecule has 0 unspecified atom stereocenters. The van der Waals surface area contributed by atoms with Crippen molar-refractivity contribution in [3.63, 3.8) is 0 Å². The Balaban J connectivity index is 2.49. The van der Waals surface area contributed by atoms with E-state index in [0.717, 1.165) is 21.4 Å². The number of aliphatic carboxylic acids is 1. The van der Waals surface area contributed by atoms with Crippen molar-refractivity contribution in [2.45, 2.75) is 11.8 Å². The molecule has 17 heavy (non-hydrogen) atoms. The number of pyridine rings is 1. The van der Waals surface area contributed by atoms with Crippen LogP contribution in [-0.4, -0.2) is 21.8 Å². The topological polar surface area (TPSA) is 50.2 Å². The lowest BCUT2D eigenvalue weighted by Gasteiger charge is -2.06. The van der Waals surface area contributed by atoms with Crippen molar-refractivity contribution in [1.82, 2.24) is 4.98 Å². The van der Waals surface area contributed by atoms with Crippen molar-refractivity contribution in [3.8, 4) is 0 Å². The van der Waals surface area contributed by atoms with Crippen molar-refractivity contribution in [1.29, 1.82) is 0 Å². The van der Waals surface area contributed by atoms with Gasteiger partial charge in [-0.3, -0.25) is 9.78 Å². The van der Waals surface area contributed by atoms with E-state index < -0.39 is 5.97 Å². The van der Waals surface area contributed by atoms with Crippen LogP contribution >= 0.6 is 23.4 Å². The fraction of sp³-hybridized carbons (Fsp3) is 0.167. The van der Waals surface area contributed by atoms with Crippen LogP contribution in [0.4, 0.5) is 0 Å². The molecule has 1 aromatic heterocycles. The smallest absolute Gasteiger partial charge is 0.313 e. The molecular weight excluding hydrogens is 258 g/mol. The second-order valence-electron chi connectivity index (χ2n) is 3.61. The van der Waals surface area contributed by atoms with Crippen LogP contribution in [-0.2, 0) is 4.79 Å². The molecule has 1 aromatic carbocycles. The zero-order chi connectivity index (χ0) is 12.4. The van der Waals surface area contributed by atoms with Crippen molar-refractivity contribution in [3.05, 3.63) is 35.0 Å². The zero-order valence-electron chi connectivity index (χ0n) is 9.11. The van der Waals surface area contributed by atoms with Crippen LogP contribution in [0.1, 0.15) is 5.56 Å². The van der Waals surface area contributed by atoms with Crippen LogP contribution in [0.2, 0.25) is 5.02 Å². The second kappa shape index (κ2) is 4.94. The summed E-state index contributed by atoms with van der Waals surface area (Å²) in [6, 6.07) is 5.56. The van der Waals surface area contributed by atoms with Crippen LogP contribution in [0.25, 0.3) is 10.9 Å². The molecule has 0 aliphatic heterocycles. The molecule has 1 heterocycles. The van der Waals surface area contributed by atoms with Crippen LogP contribution < -0.4 is 0 Å². The molecule has 3 nitrogen and oxygen atoms in total. The molecule has 5 heteroatoms. The van der Waals surface area contributed by atoms with Crippen molar-refractivity contribution in [2.24, 2.45) is 0 Å². The first-order valence-electron chi connectivity index (χ1n) is 4.97. The first-order chi connectivity index (χ1) is 8.08.